The molecule has 2 aliphatic heterocycles. The van der Waals surface area contributed by atoms with Gasteiger partial charge in [-0.2, -0.15) is 0 Å². The maximum absolute atomic E-state index is 14.3. The Kier molecular flexibility index (Phi) is 10.3. The van der Waals surface area contributed by atoms with Crippen LogP contribution in [0, 0.1) is 5.92 Å². The monoisotopic (exact) mass is 741 g/mol. The zero-order valence-electron chi connectivity index (χ0n) is 31.7. The number of aliphatic carboxylic acids is 1. The molecule has 3 heterocycles. The number of carboxylic acid groups (broad SMARTS) is 1. The lowest BCUT2D eigenvalue weighted by Crippen LogP contribution is -2.55. The maximum atomic E-state index is 14.3. The van der Waals surface area contributed by atoms with Crippen LogP contribution in [0.15, 0.2) is 72.8 Å². The molecule has 8 rings (SSSR count). The number of carbonyl (C=O) groups is 4. The molecule has 0 bridgehead atoms. The number of rotatable bonds is 8. The highest BCUT2D eigenvalue weighted by atomic mass is 16.4. The second-order valence-electron chi connectivity index (χ2n) is 16.1. The van der Waals surface area contributed by atoms with Gasteiger partial charge in [0.05, 0.1) is 11.6 Å². The standard InChI is InChI=1S/C45H51N5O5/c1-48-23-25-49(26-24-48)43(54)34-27-32-11-5-6-12-36(32)41-40(31-9-3-2-4-10-31)37-19-16-33(28-38(37)50(41)29-34)42(53)47-45(21-7-8-22-45)44(55)46-35-17-13-30(14-18-35)15-20-39(51)52/h5-6,11-20,28,31,34H,2-4,7-10,21-27,29H2,1H3,(H,46,55)(H,47,53)(H,51,52). The van der Waals surface area contributed by atoms with Gasteiger partial charge in [-0.3, -0.25) is 14.4 Å². The predicted octanol–water partition coefficient (Wildman–Crippen LogP) is 7.08. The number of nitrogens with one attached hydrogen (secondary N) is 2. The van der Waals surface area contributed by atoms with Crippen molar-refractivity contribution in [3.8, 4) is 11.3 Å². The summed E-state index contributed by atoms with van der Waals surface area (Å²) >= 11 is 0. The van der Waals surface area contributed by atoms with Gasteiger partial charge in [-0.05, 0) is 92.1 Å². The smallest absolute Gasteiger partial charge is 0.328 e. The maximum Gasteiger partial charge on any atom is 0.328 e. The van der Waals surface area contributed by atoms with Crippen LogP contribution in [0.3, 0.4) is 0 Å². The number of carboxylic acids is 1. The SMILES string of the molecule is CN1CCN(C(=O)C2Cc3ccccc3-c3c(C4CCCCC4)c4ccc(C(=O)NC5(C(=O)Nc6ccc(C=CC(=O)O)cc6)CCCC5)cc4n3C2)CC1. The molecule has 55 heavy (non-hydrogen) atoms. The lowest BCUT2D eigenvalue weighted by atomic mass is 9.81. The number of piperazine rings is 1. The third kappa shape index (κ3) is 7.44. The van der Waals surface area contributed by atoms with Gasteiger partial charge in [0, 0.05) is 66.5 Å². The molecule has 10 nitrogen and oxygen atoms in total. The van der Waals surface area contributed by atoms with E-state index in [-0.39, 0.29) is 23.6 Å². The van der Waals surface area contributed by atoms with E-state index in [1.165, 1.54) is 47.7 Å². The molecule has 3 N–H and O–H groups in total. The summed E-state index contributed by atoms with van der Waals surface area (Å²) in [7, 11) is 2.10. The number of carbonyl (C=O) groups excluding carboxylic acids is 3. The van der Waals surface area contributed by atoms with Crippen molar-refractivity contribution < 1.29 is 24.3 Å². The molecule has 2 aliphatic carbocycles. The fourth-order valence-electron chi connectivity index (χ4n) is 9.50. The molecule has 3 aromatic carbocycles. The minimum atomic E-state index is -1.06. The summed E-state index contributed by atoms with van der Waals surface area (Å²) in [4.78, 5) is 57.8. The highest BCUT2D eigenvalue weighted by molar-refractivity contribution is 6.06. The first-order chi connectivity index (χ1) is 26.7. The van der Waals surface area contributed by atoms with Crippen molar-refractivity contribution >= 4 is 46.4 Å². The van der Waals surface area contributed by atoms with E-state index in [1.807, 2.05) is 17.0 Å². The van der Waals surface area contributed by atoms with E-state index in [9.17, 15) is 19.2 Å². The number of anilines is 1. The first-order valence-electron chi connectivity index (χ1n) is 20.1. The average Bonchev–Trinajstić information content (AvgIpc) is 3.76. The van der Waals surface area contributed by atoms with E-state index >= 15 is 0 Å². The molecule has 2 saturated carbocycles. The van der Waals surface area contributed by atoms with Gasteiger partial charge < -0.3 is 30.1 Å². The molecule has 0 radical (unpaired) electrons. The molecule has 286 valence electrons. The Labute approximate surface area is 322 Å². The van der Waals surface area contributed by atoms with E-state index < -0.39 is 11.5 Å². The Morgan fingerprint density at radius 1 is 0.855 bits per heavy atom. The highest BCUT2D eigenvalue weighted by Crippen LogP contribution is 2.47. The number of likely N-dealkylation sites (N-methyl/N-ethyl adjacent to an activating group) is 1. The van der Waals surface area contributed by atoms with Gasteiger partial charge >= 0.3 is 5.97 Å². The molecule has 1 unspecified atom stereocenters. The summed E-state index contributed by atoms with van der Waals surface area (Å²) < 4.78 is 2.36. The minimum Gasteiger partial charge on any atom is -0.478 e. The zero-order chi connectivity index (χ0) is 38.1. The summed E-state index contributed by atoms with van der Waals surface area (Å²) in [6.07, 6.45) is 11.8. The Morgan fingerprint density at radius 3 is 2.31 bits per heavy atom. The molecule has 3 amide bonds. The first-order valence-corrected chi connectivity index (χ1v) is 20.1. The van der Waals surface area contributed by atoms with Crippen molar-refractivity contribution in [2.45, 2.75) is 82.2 Å². The highest BCUT2D eigenvalue weighted by Gasteiger charge is 2.43. The second-order valence-corrected chi connectivity index (χ2v) is 16.1. The topological polar surface area (TPSA) is 124 Å². The van der Waals surface area contributed by atoms with Crippen LogP contribution in [0.25, 0.3) is 28.2 Å². The van der Waals surface area contributed by atoms with E-state index in [0.717, 1.165) is 68.8 Å². The van der Waals surface area contributed by atoms with Crippen molar-refractivity contribution in [2.75, 3.05) is 38.5 Å². The Balaban J connectivity index is 1.14. The average molecular weight is 742 g/mol. The molecule has 1 aromatic heterocycles. The van der Waals surface area contributed by atoms with Crippen molar-refractivity contribution in [1.29, 1.82) is 0 Å². The Morgan fingerprint density at radius 2 is 1.58 bits per heavy atom. The fraction of sp³-hybridized carbons (Fsp3) is 0.422. The molecule has 10 heteroatoms. The van der Waals surface area contributed by atoms with Gasteiger partial charge in [0.1, 0.15) is 5.54 Å². The molecule has 4 aliphatic rings. The Bertz CT molecular complexity index is 2130. The normalized spacial score (nSPS) is 20.2. The number of aromatic nitrogens is 1. The molecule has 3 fully saturated rings. The summed E-state index contributed by atoms with van der Waals surface area (Å²) in [5.41, 5.74) is 6.61. The molecular weight excluding hydrogens is 691 g/mol. The van der Waals surface area contributed by atoms with E-state index in [4.69, 9.17) is 5.11 Å². The zero-order valence-corrected chi connectivity index (χ0v) is 31.7. The van der Waals surface area contributed by atoms with Crippen LogP contribution in [0.1, 0.15) is 90.8 Å². The van der Waals surface area contributed by atoms with Crippen LogP contribution in [0.5, 0.6) is 0 Å². The number of nitrogens with zero attached hydrogens (tertiary/aromatic N) is 3. The van der Waals surface area contributed by atoms with Crippen LogP contribution in [-0.2, 0) is 27.3 Å². The first kappa shape index (κ1) is 36.7. The van der Waals surface area contributed by atoms with E-state index in [1.54, 1.807) is 24.3 Å². The van der Waals surface area contributed by atoms with E-state index in [0.29, 0.717) is 48.5 Å². The minimum absolute atomic E-state index is 0.200. The van der Waals surface area contributed by atoms with Crippen molar-refractivity contribution in [3.05, 3.63) is 95.1 Å². The third-order valence-corrected chi connectivity index (χ3v) is 12.5. The lowest BCUT2D eigenvalue weighted by molar-refractivity contribution is -0.137. The molecule has 1 atom stereocenters. The molecular formula is C45H51N5O5. The van der Waals surface area contributed by atoms with Crippen LogP contribution < -0.4 is 10.6 Å². The summed E-state index contributed by atoms with van der Waals surface area (Å²) in [5.74, 6) is -1.21. The quantitative estimate of drug-likeness (QED) is 0.166. The number of benzene rings is 3. The number of fused-ring (bicyclic) bond motifs is 5. The van der Waals surface area contributed by atoms with Crippen LogP contribution in [0.2, 0.25) is 0 Å². The molecule has 4 aromatic rings. The number of hydrogen-bond donors (Lipinski definition) is 3. The van der Waals surface area contributed by atoms with Gasteiger partial charge in [-0.15, -0.1) is 0 Å². The van der Waals surface area contributed by atoms with Gasteiger partial charge in [0.2, 0.25) is 11.8 Å². The summed E-state index contributed by atoms with van der Waals surface area (Å²) in [5, 5.41) is 16.3. The lowest BCUT2D eigenvalue weighted by Gasteiger charge is -2.34. The molecule has 0 spiro atoms. The second kappa shape index (κ2) is 15.5. The van der Waals surface area contributed by atoms with Crippen LogP contribution >= 0.6 is 0 Å². The summed E-state index contributed by atoms with van der Waals surface area (Å²) in [6, 6.07) is 21.6. The van der Waals surface area contributed by atoms with Gasteiger partial charge in [0.25, 0.3) is 5.91 Å². The fourth-order valence-corrected chi connectivity index (χ4v) is 9.50. The van der Waals surface area contributed by atoms with Crippen molar-refractivity contribution in [3.63, 3.8) is 0 Å². The van der Waals surface area contributed by atoms with Crippen LogP contribution in [0.4, 0.5) is 5.69 Å². The number of amides is 3. The largest absolute Gasteiger partial charge is 0.478 e. The van der Waals surface area contributed by atoms with Crippen molar-refractivity contribution in [1.82, 2.24) is 19.7 Å². The molecule has 1 saturated heterocycles. The van der Waals surface area contributed by atoms with Gasteiger partial charge in [0.15, 0.2) is 0 Å². The van der Waals surface area contributed by atoms with Crippen LogP contribution in [-0.4, -0.2) is 81.9 Å². The summed E-state index contributed by atoms with van der Waals surface area (Å²) in [6.45, 7) is 3.75. The van der Waals surface area contributed by atoms with Crippen molar-refractivity contribution in [2.24, 2.45) is 5.92 Å². The predicted molar refractivity (Wildman–Crippen MR) is 215 cm³/mol. The number of hydrogen-bond acceptors (Lipinski definition) is 5. The van der Waals surface area contributed by atoms with E-state index in [2.05, 4.69) is 57.5 Å². The third-order valence-electron chi connectivity index (χ3n) is 12.5. The Hall–Kier alpha value is -5.22. The van der Waals surface area contributed by atoms with Gasteiger partial charge in [-0.25, -0.2) is 4.79 Å². The van der Waals surface area contributed by atoms with Gasteiger partial charge in [-0.1, -0.05) is 74.6 Å².